The van der Waals surface area contributed by atoms with Crippen LogP contribution in [-0.4, -0.2) is 28.1 Å². The largest absolute Gasteiger partial charge is 0.335 e. The average Bonchev–Trinajstić information content (AvgIpc) is 3.17. The summed E-state index contributed by atoms with van der Waals surface area (Å²) in [5.41, 5.74) is 3.25. The Morgan fingerprint density at radius 2 is 1.79 bits per heavy atom. The van der Waals surface area contributed by atoms with Gasteiger partial charge in [-0.1, -0.05) is 48.5 Å². The summed E-state index contributed by atoms with van der Waals surface area (Å²) in [6.07, 6.45) is 3.42. The van der Waals surface area contributed by atoms with Crippen LogP contribution in [0, 0.1) is 0 Å². The molecule has 0 saturated carbocycles. The Morgan fingerprint density at radius 1 is 1.04 bits per heavy atom. The fraction of sp³-hybridized carbons (Fsp3) is 0.227. The van der Waals surface area contributed by atoms with Crippen molar-refractivity contribution in [2.75, 3.05) is 11.4 Å². The number of benzene rings is 2. The number of anilines is 1. The monoisotopic (exact) mass is 374 g/mol. The Labute approximate surface area is 163 Å². The fourth-order valence-electron chi connectivity index (χ4n) is 3.65. The fourth-order valence-corrected chi connectivity index (χ4v) is 3.65. The van der Waals surface area contributed by atoms with Crippen LogP contribution in [0.15, 0.2) is 66.9 Å². The van der Waals surface area contributed by atoms with Crippen LogP contribution >= 0.6 is 0 Å². The van der Waals surface area contributed by atoms with Crippen LogP contribution in [0.1, 0.15) is 34.1 Å². The zero-order valence-corrected chi connectivity index (χ0v) is 15.7. The molecule has 0 spiro atoms. The number of nitrogens with zero attached hydrogens (tertiary/aromatic N) is 3. The van der Waals surface area contributed by atoms with Gasteiger partial charge in [-0.05, 0) is 36.1 Å². The van der Waals surface area contributed by atoms with Gasteiger partial charge in [-0.2, -0.15) is 5.10 Å². The number of fused-ring (bicyclic) bond motifs is 1. The molecule has 4 rings (SSSR count). The second-order valence-electron chi connectivity index (χ2n) is 6.88. The molecule has 1 aliphatic rings. The highest BCUT2D eigenvalue weighted by molar-refractivity contribution is 6.02. The summed E-state index contributed by atoms with van der Waals surface area (Å²) >= 11 is 0. The van der Waals surface area contributed by atoms with Gasteiger partial charge in [-0.3, -0.25) is 14.3 Å². The molecule has 2 aromatic carbocycles. The number of carbonyl (C=O) groups excluding carboxylic acids is 2. The normalized spacial score (nSPS) is 14.2. The SMILES string of the molecule is Cn1nccc1C(=O)NC(C(=O)N1CCCc2ccccc21)c1ccccc1. The van der Waals surface area contributed by atoms with Crippen LogP contribution in [0.4, 0.5) is 5.69 Å². The first-order chi connectivity index (χ1) is 13.6. The molecule has 0 fully saturated rings. The van der Waals surface area contributed by atoms with Crippen molar-refractivity contribution in [2.45, 2.75) is 18.9 Å². The molecule has 1 aliphatic heterocycles. The minimum Gasteiger partial charge on any atom is -0.335 e. The van der Waals surface area contributed by atoms with Gasteiger partial charge in [0.15, 0.2) is 0 Å². The number of hydrogen-bond donors (Lipinski definition) is 1. The number of aromatic nitrogens is 2. The molecular formula is C22H22N4O2. The predicted molar refractivity (Wildman–Crippen MR) is 107 cm³/mol. The Bertz CT molecular complexity index is 997. The van der Waals surface area contributed by atoms with Crippen LogP contribution in [0.2, 0.25) is 0 Å². The van der Waals surface area contributed by atoms with Crippen LogP contribution in [0.5, 0.6) is 0 Å². The summed E-state index contributed by atoms with van der Waals surface area (Å²) in [4.78, 5) is 28.1. The number of amides is 2. The van der Waals surface area contributed by atoms with E-state index in [1.54, 1.807) is 24.2 Å². The summed E-state index contributed by atoms with van der Waals surface area (Å²) in [6.45, 7) is 0.640. The highest BCUT2D eigenvalue weighted by atomic mass is 16.2. The van der Waals surface area contributed by atoms with E-state index >= 15 is 0 Å². The number of hydrogen-bond acceptors (Lipinski definition) is 3. The van der Waals surface area contributed by atoms with E-state index in [9.17, 15) is 9.59 Å². The second kappa shape index (κ2) is 7.68. The zero-order chi connectivity index (χ0) is 19.5. The number of para-hydroxylation sites is 1. The second-order valence-corrected chi connectivity index (χ2v) is 6.88. The van der Waals surface area contributed by atoms with Crippen molar-refractivity contribution >= 4 is 17.5 Å². The maximum absolute atomic E-state index is 13.5. The molecule has 1 unspecified atom stereocenters. The molecule has 6 heteroatoms. The van der Waals surface area contributed by atoms with Gasteiger partial charge < -0.3 is 10.2 Å². The summed E-state index contributed by atoms with van der Waals surface area (Å²) in [6, 6.07) is 18.2. The number of carbonyl (C=O) groups is 2. The van der Waals surface area contributed by atoms with Gasteiger partial charge in [-0.15, -0.1) is 0 Å². The van der Waals surface area contributed by atoms with Crippen LogP contribution < -0.4 is 10.2 Å². The lowest BCUT2D eigenvalue weighted by atomic mass is 9.99. The average molecular weight is 374 g/mol. The first kappa shape index (κ1) is 18.0. The molecule has 142 valence electrons. The highest BCUT2D eigenvalue weighted by Crippen LogP contribution is 2.29. The van der Waals surface area contributed by atoms with Crippen LogP contribution in [0.25, 0.3) is 0 Å². The number of nitrogens with one attached hydrogen (secondary N) is 1. The molecule has 28 heavy (non-hydrogen) atoms. The third-order valence-electron chi connectivity index (χ3n) is 5.09. The molecule has 0 bridgehead atoms. The predicted octanol–water partition coefficient (Wildman–Crippen LogP) is 2.87. The first-order valence-electron chi connectivity index (χ1n) is 9.38. The maximum atomic E-state index is 13.5. The van der Waals surface area contributed by atoms with E-state index in [2.05, 4.69) is 16.5 Å². The van der Waals surface area contributed by atoms with Crippen molar-refractivity contribution < 1.29 is 9.59 Å². The van der Waals surface area contributed by atoms with Gasteiger partial charge in [0.2, 0.25) is 0 Å². The standard InChI is InChI=1S/C22H22N4O2/c1-25-19(13-14-23-25)21(27)24-20(17-9-3-2-4-10-17)22(28)26-15-7-11-16-8-5-6-12-18(16)26/h2-6,8-10,12-14,20H,7,11,15H2,1H3,(H,24,27). The molecule has 2 amide bonds. The van der Waals surface area contributed by atoms with E-state index < -0.39 is 6.04 Å². The molecule has 6 nitrogen and oxygen atoms in total. The third kappa shape index (κ3) is 3.41. The summed E-state index contributed by atoms with van der Waals surface area (Å²) in [5, 5.41) is 6.96. The number of aryl methyl sites for hydroxylation is 2. The molecule has 1 N–H and O–H groups in total. The Morgan fingerprint density at radius 3 is 2.54 bits per heavy atom. The summed E-state index contributed by atoms with van der Waals surface area (Å²) < 4.78 is 1.50. The Hall–Kier alpha value is -3.41. The third-order valence-corrected chi connectivity index (χ3v) is 5.09. The van der Waals surface area contributed by atoms with Crippen LogP contribution in [0.3, 0.4) is 0 Å². The molecule has 1 aromatic heterocycles. The van der Waals surface area contributed by atoms with Crippen molar-refractivity contribution in [3.8, 4) is 0 Å². The zero-order valence-electron chi connectivity index (χ0n) is 15.7. The van der Waals surface area contributed by atoms with Crippen LogP contribution in [-0.2, 0) is 18.3 Å². The van der Waals surface area contributed by atoms with Crippen molar-refractivity contribution in [1.29, 1.82) is 0 Å². The first-order valence-corrected chi connectivity index (χ1v) is 9.38. The van der Waals surface area contributed by atoms with Gasteiger partial charge in [-0.25, -0.2) is 0 Å². The molecule has 0 saturated heterocycles. The van der Waals surface area contributed by atoms with Crippen molar-refractivity contribution in [3.05, 3.63) is 83.7 Å². The summed E-state index contributed by atoms with van der Waals surface area (Å²) in [7, 11) is 1.70. The molecule has 1 atom stereocenters. The lowest BCUT2D eigenvalue weighted by molar-refractivity contribution is -0.120. The summed E-state index contributed by atoms with van der Waals surface area (Å²) in [5.74, 6) is -0.457. The Balaban J connectivity index is 1.67. The van der Waals surface area contributed by atoms with E-state index in [0.717, 1.165) is 29.7 Å². The molecular weight excluding hydrogens is 352 g/mol. The smallest absolute Gasteiger partial charge is 0.270 e. The minimum atomic E-state index is -0.769. The van der Waals surface area contributed by atoms with Crippen molar-refractivity contribution in [1.82, 2.24) is 15.1 Å². The number of rotatable bonds is 4. The van der Waals surface area contributed by atoms with E-state index in [4.69, 9.17) is 0 Å². The Kier molecular flexibility index (Phi) is 4.93. The molecule has 0 aliphatic carbocycles. The molecule has 0 radical (unpaired) electrons. The highest BCUT2D eigenvalue weighted by Gasteiger charge is 2.31. The topological polar surface area (TPSA) is 67.2 Å². The maximum Gasteiger partial charge on any atom is 0.270 e. The molecule has 2 heterocycles. The van der Waals surface area contributed by atoms with E-state index in [1.165, 1.54) is 4.68 Å². The van der Waals surface area contributed by atoms with Crippen molar-refractivity contribution in [2.24, 2.45) is 7.05 Å². The van der Waals surface area contributed by atoms with Crippen molar-refractivity contribution in [3.63, 3.8) is 0 Å². The lowest BCUT2D eigenvalue weighted by Gasteiger charge is -2.32. The minimum absolute atomic E-state index is 0.131. The van der Waals surface area contributed by atoms with E-state index in [-0.39, 0.29) is 11.8 Å². The van der Waals surface area contributed by atoms with Gasteiger partial charge in [0.05, 0.1) is 0 Å². The van der Waals surface area contributed by atoms with Gasteiger partial charge in [0.1, 0.15) is 11.7 Å². The van der Waals surface area contributed by atoms with Gasteiger partial charge in [0.25, 0.3) is 11.8 Å². The molecule has 3 aromatic rings. The van der Waals surface area contributed by atoms with E-state index in [1.807, 2.05) is 48.5 Å². The van der Waals surface area contributed by atoms with E-state index in [0.29, 0.717) is 12.2 Å². The quantitative estimate of drug-likeness (QED) is 0.764. The van der Waals surface area contributed by atoms with Gasteiger partial charge in [0, 0.05) is 25.5 Å². The lowest BCUT2D eigenvalue weighted by Crippen LogP contribution is -2.45. The van der Waals surface area contributed by atoms with Gasteiger partial charge >= 0.3 is 0 Å².